The number of ether oxygens (including phenoxy) is 6. The molecule has 0 radical (unpaired) electrons. The number of hydrogen-bond donors (Lipinski definition) is 3. The summed E-state index contributed by atoms with van der Waals surface area (Å²) in [5.41, 5.74) is 0.801. The molecule has 3 fully saturated rings. The second-order valence-corrected chi connectivity index (χ2v) is 19.7. The van der Waals surface area contributed by atoms with E-state index in [0.29, 0.717) is 12.8 Å². The van der Waals surface area contributed by atoms with Gasteiger partial charge in [0.05, 0.1) is 51.9 Å². The highest BCUT2D eigenvalue weighted by atomic mass is 16.6. The molecule has 68 heavy (non-hydrogen) atoms. The van der Waals surface area contributed by atoms with E-state index in [1.807, 2.05) is 44.2 Å². The summed E-state index contributed by atoms with van der Waals surface area (Å²) in [6, 6.07) is -2.56. The predicted molar refractivity (Wildman–Crippen MR) is 256 cm³/mol. The number of nitrogens with zero attached hydrogens (tertiary/aromatic N) is 1. The van der Waals surface area contributed by atoms with Crippen LogP contribution >= 0.6 is 0 Å². The molecule has 0 aromatic rings. The lowest BCUT2D eigenvalue weighted by Gasteiger charge is -2.42. The molecule has 386 valence electrons. The van der Waals surface area contributed by atoms with E-state index in [0.717, 1.165) is 10.5 Å². The first-order valence-electron chi connectivity index (χ1n) is 28.5. The number of carbonyl (C=O) groups excluding carboxylic acids is 5. The first kappa shape index (κ1) is 46.0. The van der Waals surface area contributed by atoms with Gasteiger partial charge in [-0.2, -0.15) is 0 Å². The van der Waals surface area contributed by atoms with Crippen LogP contribution in [-0.2, 0) is 52.4 Å². The van der Waals surface area contributed by atoms with Crippen LogP contribution in [0.3, 0.4) is 0 Å². The first-order valence-corrected chi connectivity index (χ1v) is 24.5. The Morgan fingerprint density at radius 3 is 2.37 bits per heavy atom. The van der Waals surface area contributed by atoms with Crippen molar-refractivity contribution < 1.29 is 78.7 Å². The largest absolute Gasteiger partial charge is 0.460 e. The highest BCUT2D eigenvalue weighted by Crippen LogP contribution is 2.38. The van der Waals surface area contributed by atoms with Crippen molar-refractivity contribution in [3.05, 3.63) is 36.0 Å². The number of cyclic esters (lactones) is 1. The van der Waals surface area contributed by atoms with Gasteiger partial charge in [0.2, 0.25) is 5.79 Å². The van der Waals surface area contributed by atoms with Gasteiger partial charge in [-0.05, 0) is 107 Å². The van der Waals surface area contributed by atoms with Crippen molar-refractivity contribution in [3.63, 3.8) is 0 Å². The molecule has 16 atom stereocenters. The Kier molecular flexibility index (Phi) is 18.6. The molecule has 4 aliphatic rings. The number of piperidine rings is 1. The highest BCUT2D eigenvalue weighted by molar-refractivity contribution is 6.39. The number of aliphatic hydroxyl groups excluding tert-OH is 2. The lowest BCUT2D eigenvalue weighted by atomic mass is 9.78. The number of ketones is 3. The molecule has 1 saturated carbocycles. The quantitative estimate of drug-likeness (QED) is 0.172. The zero-order valence-corrected chi connectivity index (χ0v) is 41.7. The van der Waals surface area contributed by atoms with Crippen LogP contribution in [0.1, 0.15) is 143 Å². The van der Waals surface area contributed by atoms with Gasteiger partial charge in [-0.15, -0.1) is 0 Å². The van der Waals surface area contributed by atoms with Gasteiger partial charge in [-0.3, -0.25) is 19.2 Å². The van der Waals surface area contributed by atoms with E-state index < -0.39 is 159 Å². The van der Waals surface area contributed by atoms with Crippen molar-refractivity contribution in [1.82, 2.24) is 4.90 Å². The molecule has 4 rings (SSSR count). The summed E-state index contributed by atoms with van der Waals surface area (Å²) in [5, 5.41) is 33.1. The molecule has 15 heteroatoms. The van der Waals surface area contributed by atoms with Gasteiger partial charge in [0.25, 0.3) is 11.7 Å². The summed E-state index contributed by atoms with van der Waals surface area (Å²) in [5.74, 6) is -12.4. The summed E-state index contributed by atoms with van der Waals surface area (Å²) >= 11 is 0. The third-order valence-corrected chi connectivity index (χ3v) is 14.3. The average molecular weight is 976 g/mol. The van der Waals surface area contributed by atoms with E-state index in [1.54, 1.807) is 34.6 Å². The Bertz CT molecular complexity index is 2110. The van der Waals surface area contributed by atoms with E-state index in [9.17, 15) is 40.7 Å². The summed E-state index contributed by atoms with van der Waals surface area (Å²) in [7, 11) is -0.459. The van der Waals surface area contributed by atoms with Gasteiger partial charge in [-0.25, -0.2) is 4.79 Å². The molecular weight excluding hydrogens is 875 g/mol. The Hall–Kier alpha value is -3.15. The number of allylic oxidation sites excluding steroid dienone is 5. The van der Waals surface area contributed by atoms with Crippen molar-refractivity contribution >= 4 is 29.2 Å². The number of hydrogen-bond acceptors (Lipinski definition) is 14. The van der Waals surface area contributed by atoms with Crippen LogP contribution < -0.4 is 0 Å². The van der Waals surface area contributed by atoms with Crippen molar-refractivity contribution in [2.45, 2.75) is 186 Å². The molecule has 15 nitrogen and oxygen atoms in total. The number of esters is 1. The van der Waals surface area contributed by atoms with E-state index in [1.165, 1.54) is 14.2 Å². The molecule has 0 aromatic heterocycles. The molecule has 2 bridgehead atoms. The van der Waals surface area contributed by atoms with Crippen LogP contribution in [0.5, 0.6) is 0 Å². The number of rotatable bonds is 9. The fourth-order valence-electron chi connectivity index (χ4n) is 9.91. The third kappa shape index (κ3) is 15.4. The minimum Gasteiger partial charge on any atom is -0.460 e. The fraction of sp³-hybridized carbons (Fsp3) is 0.792. The number of aliphatic hydroxyl groups is 3. The Balaban J connectivity index is 1.78. The van der Waals surface area contributed by atoms with Gasteiger partial charge in [-0.1, -0.05) is 71.9 Å². The third-order valence-electron chi connectivity index (χ3n) is 14.3. The van der Waals surface area contributed by atoms with Crippen LogP contribution in [0.2, 0.25) is 0 Å². The maximum atomic E-state index is 14.7. The second kappa shape index (κ2) is 27.5. The van der Waals surface area contributed by atoms with Gasteiger partial charge in [0, 0.05) is 61.1 Å². The van der Waals surface area contributed by atoms with Gasteiger partial charge in [0.15, 0.2) is 5.78 Å². The van der Waals surface area contributed by atoms with Crippen molar-refractivity contribution in [2.24, 2.45) is 41.4 Å². The van der Waals surface area contributed by atoms with Crippen molar-refractivity contribution in [3.8, 4) is 0 Å². The van der Waals surface area contributed by atoms with Gasteiger partial charge in [0.1, 0.15) is 24.0 Å². The second-order valence-electron chi connectivity index (χ2n) is 19.7. The fourth-order valence-corrected chi connectivity index (χ4v) is 9.91. The summed E-state index contributed by atoms with van der Waals surface area (Å²) in [6.07, 6.45) is -4.73. The van der Waals surface area contributed by atoms with E-state index >= 15 is 0 Å². The normalized spacial score (nSPS) is 45.5. The molecule has 1 unspecified atom stereocenters. The van der Waals surface area contributed by atoms with Crippen LogP contribution in [0.25, 0.3) is 0 Å². The minimum absolute atomic E-state index is 0.0359. The molecule has 0 aromatic carbocycles. The zero-order chi connectivity index (χ0) is 57.4. The van der Waals surface area contributed by atoms with E-state index in [-0.39, 0.29) is 63.2 Å². The van der Waals surface area contributed by atoms with Crippen LogP contribution in [0.15, 0.2) is 36.0 Å². The molecule has 3 heterocycles. The summed E-state index contributed by atoms with van der Waals surface area (Å²) in [6.45, 7) is 10.4. The average Bonchev–Trinajstić information content (AvgIpc) is 3.33. The number of carbonyl (C=O) groups is 5. The highest BCUT2D eigenvalue weighted by Gasteiger charge is 2.53. The number of Topliss-reactive ketones (excluding diaryl/α,β-unsaturated/α-hetero) is 3. The molecular formula is C53H85NO14. The van der Waals surface area contributed by atoms with Crippen molar-refractivity contribution in [1.29, 1.82) is 0 Å². The Morgan fingerprint density at radius 1 is 0.926 bits per heavy atom. The molecule has 0 spiro atoms. The zero-order valence-electron chi connectivity index (χ0n) is 49.7. The van der Waals surface area contributed by atoms with Crippen LogP contribution in [0, 0.1) is 41.4 Å². The number of methoxy groups -OCH3 is 3. The van der Waals surface area contributed by atoms with Crippen molar-refractivity contribution in [2.75, 3.05) is 41.0 Å². The topological polar surface area (TPSA) is 205 Å². The number of fused-ring (bicyclic) bond motifs is 3. The van der Waals surface area contributed by atoms with E-state index in [2.05, 4.69) is 0 Å². The van der Waals surface area contributed by atoms with Crippen LogP contribution in [0.4, 0.5) is 0 Å². The summed E-state index contributed by atoms with van der Waals surface area (Å²) < 4.78 is 103. The van der Waals surface area contributed by atoms with Gasteiger partial charge >= 0.3 is 5.97 Å². The smallest absolute Gasteiger partial charge is 0.329 e. The van der Waals surface area contributed by atoms with Crippen LogP contribution in [-0.4, -0.2) is 145 Å². The maximum absolute atomic E-state index is 14.7. The van der Waals surface area contributed by atoms with E-state index in [4.69, 9.17) is 38.0 Å². The molecule has 1 aliphatic carbocycles. The molecule has 1 amide bonds. The molecule has 2 saturated heterocycles. The predicted octanol–water partition coefficient (Wildman–Crippen LogP) is 6.28. The maximum Gasteiger partial charge on any atom is 0.329 e. The Labute approximate surface area is 416 Å². The van der Waals surface area contributed by atoms with Gasteiger partial charge < -0.3 is 48.6 Å². The minimum atomic E-state index is -3.30. The Morgan fingerprint density at radius 2 is 1.68 bits per heavy atom. The number of amides is 1. The summed E-state index contributed by atoms with van der Waals surface area (Å²) in [4.78, 5) is 72.6. The first-order chi connectivity index (χ1) is 35.2. The molecule has 3 aliphatic heterocycles. The molecule has 3 N–H and O–H groups in total. The monoisotopic (exact) mass is 976 g/mol. The SMILES string of the molecule is [3H]C([3H])([3H])O[C@]1([3H])C[C@H](C[C@@H](C)[C@@H]2CC(=O)[C@H](C)C[C@H](C)[C@@H](O)[C@@H](OC)C(=O)[C@H](C)C[C@H](C)\C=C/C=C/C=C(\C)[C@@H](OC)C[C@@H]3CC[C@@H](C)[C@@](O)(O3)C(=O)C(=O)N3CCCC[C@@]3([3H])C(=O)O2)CC([3H])([3H])C1([3H])OCCO. The standard InChI is InChI=1S/C53H85NO14/c1-32-16-12-11-13-17-33(2)44(63-8)30-40-21-19-38(7)53(62,68-40)50(59)51(60)54-23-15-14-18-41(54)52(61)67-45(35(4)28-39-20-22-43(66-25-24-55)46(29-39)64-9)31-42(56)34(3)27-37(6)48(58)49(65-10)47(57)36(5)26-32/h11-13,16-17,32,34-41,43-46,48-49,55,58,62H,14-15,18-31H2,1-10H3/b13-11+,16-12-,33-17+/t32-,34-,35-,36-,37+,38-,39+,40+,41+,43?,44+,45+,46-,48-,49+,53-/m1/s1/i9T3,22T2,41T,43T,46T. The lowest BCUT2D eigenvalue weighted by molar-refractivity contribution is -0.265. The lowest BCUT2D eigenvalue weighted by Crippen LogP contribution is -2.61.